The molecule has 134 valence electrons. The van der Waals surface area contributed by atoms with Gasteiger partial charge in [-0.15, -0.1) is 0 Å². The van der Waals surface area contributed by atoms with Gasteiger partial charge < -0.3 is 4.74 Å². The van der Waals surface area contributed by atoms with Gasteiger partial charge in [0.05, 0.1) is 18.8 Å². The molecular weight excluding hydrogens is 319 g/mol. The molecule has 0 saturated heterocycles. The summed E-state index contributed by atoms with van der Waals surface area (Å²) in [6, 6.07) is 4.49. The first-order chi connectivity index (χ1) is 11.4. The zero-order valence-electron chi connectivity index (χ0n) is 13.9. The summed E-state index contributed by atoms with van der Waals surface area (Å²) in [6.07, 6.45) is 0.403. The number of hydroxylamine groups is 1. The van der Waals surface area contributed by atoms with Crippen LogP contribution in [0, 0.1) is 0 Å². The Kier molecular flexibility index (Phi) is 6.54. The maximum Gasteiger partial charge on any atom is 0.416 e. The lowest BCUT2D eigenvalue weighted by Crippen LogP contribution is -2.17. The highest BCUT2D eigenvalue weighted by Gasteiger charge is 2.35. The van der Waals surface area contributed by atoms with E-state index in [4.69, 9.17) is 9.57 Å². The minimum absolute atomic E-state index is 0.000120. The molecule has 3 nitrogen and oxygen atoms in total. The molecule has 0 aliphatic heterocycles. The van der Waals surface area contributed by atoms with Crippen molar-refractivity contribution in [2.45, 2.75) is 57.7 Å². The van der Waals surface area contributed by atoms with Crippen molar-refractivity contribution in [2.24, 2.45) is 0 Å². The fourth-order valence-corrected chi connectivity index (χ4v) is 3.11. The third-order valence-electron chi connectivity index (χ3n) is 4.21. The van der Waals surface area contributed by atoms with Gasteiger partial charge in [0.2, 0.25) is 5.88 Å². The van der Waals surface area contributed by atoms with Crippen molar-refractivity contribution < 1.29 is 22.7 Å². The first-order valence-electron chi connectivity index (χ1n) is 8.31. The minimum Gasteiger partial charge on any atom is -0.478 e. The number of benzene rings is 1. The molecule has 0 radical (unpaired) electrons. The summed E-state index contributed by atoms with van der Waals surface area (Å²) >= 11 is 0. The van der Waals surface area contributed by atoms with Gasteiger partial charge in [0.25, 0.3) is 0 Å². The quantitative estimate of drug-likeness (QED) is 0.539. The van der Waals surface area contributed by atoms with Crippen molar-refractivity contribution >= 4 is 0 Å². The molecule has 0 atom stereocenters. The van der Waals surface area contributed by atoms with Crippen LogP contribution in [0.4, 0.5) is 13.2 Å². The molecule has 6 heteroatoms. The lowest BCUT2D eigenvalue weighted by Gasteiger charge is -2.25. The second-order valence-corrected chi connectivity index (χ2v) is 6.00. The Hall–Kier alpha value is -1.69. The van der Waals surface area contributed by atoms with Crippen LogP contribution in [0.2, 0.25) is 0 Å². The molecule has 1 aromatic rings. The number of halogens is 3. The molecule has 0 unspecified atom stereocenters. The first kappa shape index (κ1) is 18.6. The summed E-state index contributed by atoms with van der Waals surface area (Å²) in [5.74, 6) is 0.230. The van der Waals surface area contributed by atoms with Gasteiger partial charge >= 0.3 is 6.18 Å². The molecule has 1 aliphatic rings. The van der Waals surface area contributed by atoms with Crippen molar-refractivity contribution in [2.75, 3.05) is 6.61 Å². The standard InChI is InChI=1S/C18H24F3NO2/c1-3-23-13(2)22-24-12-14-9-10-16(15-7-5-4-6-8-15)17(11-14)18(19,20)21/h9-11,15,22H,2-8,12H2,1H3. The van der Waals surface area contributed by atoms with Crippen LogP contribution in [-0.4, -0.2) is 6.61 Å². The molecule has 0 amide bonds. The molecule has 1 aliphatic carbocycles. The summed E-state index contributed by atoms with van der Waals surface area (Å²) in [5, 5.41) is 0. The van der Waals surface area contributed by atoms with E-state index in [0.29, 0.717) is 17.7 Å². The molecule has 1 N–H and O–H groups in total. The highest BCUT2D eigenvalue weighted by molar-refractivity contribution is 5.36. The van der Waals surface area contributed by atoms with E-state index in [1.807, 2.05) is 0 Å². The molecule has 0 heterocycles. The lowest BCUT2D eigenvalue weighted by molar-refractivity contribution is -0.138. The first-order valence-corrected chi connectivity index (χ1v) is 8.31. The molecule has 0 spiro atoms. The van der Waals surface area contributed by atoms with Crippen molar-refractivity contribution in [1.82, 2.24) is 5.48 Å². The highest BCUT2D eigenvalue weighted by atomic mass is 19.4. The Morgan fingerprint density at radius 2 is 1.96 bits per heavy atom. The van der Waals surface area contributed by atoms with E-state index in [1.54, 1.807) is 19.1 Å². The van der Waals surface area contributed by atoms with E-state index in [0.717, 1.165) is 32.1 Å². The van der Waals surface area contributed by atoms with Gasteiger partial charge in [-0.25, -0.2) is 5.48 Å². The second kappa shape index (κ2) is 8.42. The molecular formula is C18H24F3NO2. The molecule has 0 aromatic heterocycles. The summed E-state index contributed by atoms with van der Waals surface area (Å²) in [6.45, 7) is 5.80. The maximum atomic E-state index is 13.4. The van der Waals surface area contributed by atoms with E-state index in [9.17, 15) is 13.2 Å². The molecule has 24 heavy (non-hydrogen) atoms. The summed E-state index contributed by atoms with van der Waals surface area (Å²) in [7, 11) is 0. The maximum absolute atomic E-state index is 13.4. The average molecular weight is 343 g/mol. The zero-order chi connectivity index (χ0) is 17.6. The van der Waals surface area contributed by atoms with Gasteiger partial charge in [-0.05, 0) is 49.5 Å². The molecule has 1 saturated carbocycles. The molecule has 2 rings (SSSR count). The van der Waals surface area contributed by atoms with E-state index >= 15 is 0 Å². The van der Waals surface area contributed by atoms with Crippen LogP contribution < -0.4 is 5.48 Å². The van der Waals surface area contributed by atoms with Crippen LogP contribution >= 0.6 is 0 Å². The number of hydrogen-bond donors (Lipinski definition) is 1. The SMILES string of the molecule is C=C(NOCc1ccc(C2CCCCC2)c(C(F)(F)F)c1)OCC. The Morgan fingerprint density at radius 1 is 1.25 bits per heavy atom. The predicted octanol–water partition coefficient (Wildman–Crippen LogP) is 5.28. The third kappa shape index (κ3) is 5.16. The fraction of sp³-hybridized carbons (Fsp3) is 0.556. The van der Waals surface area contributed by atoms with Crippen LogP contribution in [-0.2, 0) is 22.4 Å². The van der Waals surface area contributed by atoms with E-state index in [1.165, 1.54) is 6.07 Å². The zero-order valence-corrected chi connectivity index (χ0v) is 13.9. The second-order valence-electron chi connectivity index (χ2n) is 6.00. The predicted molar refractivity (Wildman–Crippen MR) is 86.0 cm³/mol. The van der Waals surface area contributed by atoms with Crippen LogP contribution in [0.15, 0.2) is 30.7 Å². The smallest absolute Gasteiger partial charge is 0.416 e. The van der Waals surface area contributed by atoms with Crippen LogP contribution in [0.5, 0.6) is 0 Å². The van der Waals surface area contributed by atoms with Crippen molar-refractivity contribution in [3.8, 4) is 0 Å². The Bertz CT molecular complexity index is 552. The van der Waals surface area contributed by atoms with Gasteiger partial charge in [0.1, 0.15) is 0 Å². The van der Waals surface area contributed by atoms with Gasteiger partial charge in [-0.1, -0.05) is 31.4 Å². The summed E-state index contributed by atoms with van der Waals surface area (Å²) in [5.41, 5.74) is 2.80. The molecule has 1 fully saturated rings. The van der Waals surface area contributed by atoms with Crippen molar-refractivity contribution in [3.05, 3.63) is 47.4 Å². The molecule has 0 bridgehead atoms. The highest BCUT2D eigenvalue weighted by Crippen LogP contribution is 2.41. The monoisotopic (exact) mass is 343 g/mol. The van der Waals surface area contributed by atoms with Crippen LogP contribution in [0.3, 0.4) is 0 Å². The van der Waals surface area contributed by atoms with Gasteiger partial charge in [0, 0.05) is 0 Å². The van der Waals surface area contributed by atoms with Crippen molar-refractivity contribution in [3.63, 3.8) is 0 Å². The Morgan fingerprint density at radius 3 is 2.58 bits per heavy atom. The van der Waals surface area contributed by atoms with Crippen molar-refractivity contribution in [1.29, 1.82) is 0 Å². The topological polar surface area (TPSA) is 30.5 Å². The third-order valence-corrected chi connectivity index (χ3v) is 4.21. The Balaban J connectivity index is 2.10. The van der Waals surface area contributed by atoms with E-state index in [2.05, 4.69) is 12.1 Å². The normalized spacial score (nSPS) is 16.0. The minimum atomic E-state index is -4.36. The van der Waals surface area contributed by atoms with E-state index < -0.39 is 11.7 Å². The van der Waals surface area contributed by atoms with Gasteiger partial charge in [-0.2, -0.15) is 13.2 Å². The number of rotatable bonds is 7. The fourth-order valence-electron chi connectivity index (χ4n) is 3.11. The number of nitrogens with one attached hydrogen (secondary N) is 1. The summed E-state index contributed by atoms with van der Waals surface area (Å²) in [4.78, 5) is 5.15. The number of alkyl halides is 3. The average Bonchev–Trinajstić information content (AvgIpc) is 2.55. The number of hydrogen-bond acceptors (Lipinski definition) is 3. The van der Waals surface area contributed by atoms with Crippen LogP contribution in [0.1, 0.15) is 61.6 Å². The largest absolute Gasteiger partial charge is 0.478 e. The Labute approximate surface area is 140 Å². The lowest BCUT2D eigenvalue weighted by atomic mass is 9.81. The number of ether oxygens (including phenoxy) is 1. The van der Waals surface area contributed by atoms with E-state index in [-0.39, 0.29) is 18.4 Å². The van der Waals surface area contributed by atoms with Gasteiger partial charge in [0.15, 0.2) is 0 Å². The summed E-state index contributed by atoms with van der Waals surface area (Å²) < 4.78 is 45.4. The van der Waals surface area contributed by atoms with Crippen LogP contribution in [0.25, 0.3) is 0 Å². The molecule has 1 aromatic carbocycles. The van der Waals surface area contributed by atoms with Gasteiger partial charge in [-0.3, -0.25) is 4.84 Å².